The lowest BCUT2D eigenvalue weighted by atomic mass is 9.72. The first-order valence-corrected chi connectivity index (χ1v) is 8.20. The van der Waals surface area contributed by atoms with E-state index in [2.05, 4.69) is 37.4 Å². The van der Waals surface area contributed by atoms with Crippen LogP contribution in [0.25, 0.3) is 0 Å². The van der Waals surface area contributed by atoms with Crippen molar-refractivity contribution in [3.63, 3.8) is 0 Å². The van der Waals surface area contributed by atoms with Gasteiger partial charge in [-0.15, -0.1) is 0 Å². The molecule has 0 bridgehead atoms. The van der Waals surface area contributed by atoms with Crippen molar-refractivity contribution in [2.45, 2.75) is 64.5 Å². The first-order chi connectivity index (χ1) is 9.69. The maximum Gasteiger partial charge on any atom is 0.119 e. The molecule has 1 saturated heterocycles. The third-order valence-electron chi connectivity index (χ3n) is 5.23. The monoisotopic (exact) mass is 273 g/mol. The third kappa shape index (κ3) is 2.58. The van der Waals surface area contributed by atoms with Crippen LogP contribution < -0.4 is 10.1 Å². The Morgan fingerprint density at radius 1 is 1.20 bits per heavy atom. The van der Waals surface area contributed by atoms with Gasteiger partial charge in [-0.1, -0.05) is 13.0 Å². The second-order valence-corrected chi connectivity index (χ2v) is 6.54. The van der Waals surface area contributed by atoms with E-state index in [1.165, 1.54) is 31.2 Å². The Bertz CT molecular complexity index is 470. The minimum absolute atomic E-state index is 0.664. The molecule has 20 heavy (non-hydrogen) atoms. The summed E-state index contributed by atoms with van der Waals surface area (Å²) in [5.74, 6) is 2.49. The zero-order valence-electron chi connectivity index (χ0n) is 13.0. The molecule has 2 nitrogen and oxygen atoms in total. The van der Waals surface area contributed by atoms with Crippen molar-refractivity contribution in [3.05, 3.63) is 29.3 Å². The van der Waals surface area contributed by atoms with Gasteiger partial charge in [-0.2, -0.15) is 0 Å². The summed E-state index contributed by atoms with van der Waals surface area (Å²) in [6.45, 7) is 7.52. The smallest absolute Gasteiger partial charge is 0.119 e. The summed E-state index contributed by atoms with van der Waals surface area (Å²) in [7, 11) is 0. The number of hydrogen-bond acceptors (Lipinski definition) is 2. The third-order valence-corrected chi connectivity index (χ3v) is 5.23. The molecule has 1 aromatic carbocycles. The molecule has 110 valence electrons. The Hall–Kier alpha value is -1.02. The molecule has 4 atom stereocenters. The summed E-state index contributed by atoms with van der Waals surface area (Å²) in [6, 6.07) is 8.13. The molecule has 2 heteroatoms. The fourth-order valence-electron chi connectivity index (χ4n) is 4.15. The lowest BCUT2D eigenvalue weighted by Crippen LogP contribution is -2.38. The predicted octanol–water partition coefficient (Wildman–Crippen LogP) is 3.89. The summed E-state index contributed by atoms with van der Waals surface area (Å²) < 4.78 is 5.64. The fourth-order valence-corrected chi connectivity index (χ4v) is 4.15. The Kier molecular flexibility index (Phi) is 4.02. The molecule has 3 rings (SSSR count). The van der Waals surface area contributed by atoms with Crippen molar-refractivity contribution < 1.29 is 4.74 Å². The van der Waals surface area contributed by atoms with Crippen LogP contribution in [0, 0.1) is 5.92 Å². The highest BCUT2D eigenvalue weighted by Gasteiger charge is 2.35. The number of hydrogen-bond donors (Lipinski definition) is 1. The molecule has 1 aliphatic heterocycles. The van der Waals surface area contributed by atoms with E-state index in [1.54, 1.807) is 5.56 Å². The summed E-state index contributed by atoms with van der Waals surface area (Å²) in [6.07, 6.45) is 5.21. The van der Waals surface area contributed by atoms with Gasteiger partial charge in [0, 0.05) is 12.1 Å². The van der Waals surface area contributed by atoms with Gasteiger partial charge in [-0.25, -0.2) is 0 Å². The molecule has 0 radical (unpaired) electrons. The molecule has 1 N–H and O–H groups in total. The second-order valence-electron chi connectivity index (χ2n) is 6.54. The van der Waals surface area contributed by atoms with Crippen molar-refractivity contribution in [2.24, 2.45) is 5.92 Å². The van der Waals surface area contributed by atoms with Gasteiger partial charge in [0.1, 0.15) is 5.75 Å². The first kappa shape index (κ1) is 13.9. The molecule has 0 aromatic heterocycles. The van der Waals surface area contributed by atoms with Crippen LogP contribution >= 0.6 is 0 Å². The van der Waals surface area contributed by atoms with Crippen molar-refractivity contribution in [1.29, 1.82) is 0 Å². The van der Waals surface area contributed by atoms with Crippen LogP contribution in [-0.2, 0) is 6.42 Å². The molecule has 1 aliphatic carbocycles. The number of benzene rings is 1. The van der Waals surface area contributed by atoms with Gasteiger partial charge in [0.2, 0.25) is 0 Å². The number of aryl methyl sites for hydroxylation is 1. The molecule has 0 spiro atoms. The van der Waals surface area contributed by atoms with Gasteiger partial charge in [0.25, 0.3) is 0 Å². The topological polar surface area (TPSA) is 21.3 Å². The molecule has 1 fully saturated rings. The lowest BCUT2D eigenvalue weighted by Gasteiger charge is -2.35. The molecular formula is C18H27NO. The summed E-state index contributed by atoms with van der Waals surface area (Å²) in [5, 5.41) is 3.79. The van der Waals surface area contributed by atoms with Crippen molar-refractivity contribution in [1.82, 2.24) is 5.32 Å². The summed E-state index contributed by atoms with van der Waals surface area (Å²) in [5.41, 5.74) is 3.05. The van der Waals surface area contributed by atoms with Gasteiger partial charge >= 0.3 is 0 Å². The highest BCUT2D eigenvalue weighted by Crippen LogP contribution is 2.41. The number of rotatable bonds is 3. The van der Waals surface area contributed by atoms with Gasteiger partial charge in [0.15, 0.2) is 0 Å². The van der Waals surface area contributed by atoms with Crippen LogP contribution in [0.1, 0.15) is 57.1 Å². The normalized spacial score (nSPS) is 33.0. The molecule has 0 unspecified atom stereocenters. The minimum atomic E-state index is 0.664. The van der Waals surface area contributed by atoms with Crippen LogP contribution in [-0.4, -0.2) is 18.7 Å². The van der Waals surface area contributed by atoms with E-state index in [1.807, 2.05) is 6.92 Å². The van der Waals surface area contributed by atoms with Gasteiger partial charge in [0.05, 0.1) is 6.61 Å². The van der Waals surface area contributed by atoms with E-state index in [4.69, 9.17) is 4.74 Å². The lowest BCUT2D eigenvalue weighted by molar-refractivity contribution is 0.296. The van der Waals surface area contributed by atoms with E-state index in [0.29, 0.717) is 12.0 Å². The highest BCUT2D eigenvalue weighted by molar-refractivity contribution is 5.40. The predicted molar refractivity (Wildman–Crippen MR) is 83.5 cm³/mol. The summed E-state index contributed by atoms with van der Waals surface area (Å²) in [4.78, 5) is 0. The van der Waals surface area contributed by atoms with Crippen LogP contribution in [0.2, 0.25) is 0 Å². The maximum atomic E-state index is 5.64. The number of nitrogens with one attached hydrogen (secondary N) is 1. The minimum Gasteiger partial charge on any atom is -0.494 e. The highest BCUT2D eigenvalue weighted by atomic mass is 16.5. The Labute approximate surface area is 122 Å². The molecule has 1 aromatic rings. The fraction of sp³-hybridized carbons (Fsp3) is 0.667. The molecule has 0 amide bonds. The van der Waals surface area contributed by atoms with Crippen molar-refractivity contribution in [2.75, 3.05) is 6.61 Å². The number of fused-ring (bicyclic) bond motifs is 1. The Morgan fingerprint density at radius 2 is 2.05 bits per heavy atom. The Balaban J connectivity index is 1.78. The molecule has 1 heterocycles. The van der Waals surface area contributed by atoms with E-state index in [-0.39, 0.29) is 0 Å². The summed E-state index contributed by atoms with van der Waals surface area (Å²) >= 11 is 0. The van der Waals surface area contributed by atoms with E-state index in [9.17, 15) is 0 Å². The first-order valence-electron chi connectivity index (χ1n) is 8.20. The number of ether oxygens (including phenoxy) is 1. The van der Waals surface area contributed by atoms with Crippen LogP contribution in [0.4, 0.5) is 0 Å². The van der Waals surface area contributed by atoms with Gasteiger partial charge in [-0.05, 0) is 74.6 Å². The van der Waals surface area contributed by atoms with E-state index < -0.39 is 0 Å². The zero-order valence-corrected chi connectivity index (χ0v) is 13.0. The SMILES string of the molecule is CCOc1ccc2c(c1)CC[C@H]([C@H]1CC[C@@H](C)N1)[C@@H]2C. The largest absolute Gasteiger partial charge is 0.494 e. The second kappa shape index (κ2) is 5.77. The maximum absolute atomic E-state index is 5.64. The average molecular weight is 273 g/mol. The van der Waals surface area contributed by atoms with Crippen molar-refractivity contribution in [3.8, 4) is 5.75 Å². The van der Waals surface area contributed by atoms with Gasteiger partial charge < -0.3 is 10.1 Å². The molecular weight excluding hydrogens is 246 g/mol. The van der Waals surface area contributed by atoms with Crippen LogP contribution in [0.3, 0.4) is 0 Å². The zero-order chi connectivity index (χ0) is 14.1. The quantitative estimate of drug-likeness (QED) is 0.902. The van der Waals surface area contributed by atoms with Gasteiger partial charge in [-0.3, -0.25) is 0 Å². The van der Waals surface area contributed by atoms with E-state index >= 15 is 0 Å². The molecule has 2 aliphatic rings. The van der Waals surface area contributed by atoms with E-state index in [0.717, 1.165) is 24.3 Å². The molecule has 0 saturated carbocycles. The standard InChI is InChI=1S/C18H27NO/c1-4-20-15-7-9-16-13(3)17(8-6-14(16)11-15)18-10-5-12(2)19-18/h7,9,11-13,17-19H,4-6,8,10H2,1-3H3/t12-,13-,17+,18-/m1/s1. The van der Waals surface area contributed by atoms with Crippen LogP contribution in [0.5, 0.6) is 5.75 Å². The average Bonchev–Trinajstić information content (AvgIpc) is 2.86. The van der Waals surface area contributed by atoms with Crippen molar-refractivity contribution >= 4 is 0 Å². The Morgan fingerprint density at radius 3 is 2.75 bits per heavy atom. The van der Waals surface area contributed by atoms with Crippen LogP contribution in [0.15, 0.2) is 18.2 Å².